The normalized spacial score (nSPS) is 20.1. The maximum atomic E-state index is 13.1. The summed E-state index contributed by atoms with van der Waals surface area (Å²) in [6.45, 7) is 2.40. The van der Waals surface area contributed by atoms with Gasteiger partial charge in [-0.05, 0) is 37.3 Å². The SMILES string of the molecule is CN(C)C(=O)C(=O)N[C@@H]1CCCN(C(=O)OCc2ccccc2)[C@@H]1COC1CCN(c2ncccn2)CC1. The molecule has 3 heterocycles. The zero-order valence-electron chi connectivity index (χ0n) is 22.0. The number of nitrogens with zero attached hydrogens (tertiary/aromatic N) is 5. The number of anilines is 1. The van der Waals surface area contributed by atoms with E-state index in [-0.39, 0.29) is 19.3 Å². The summed E-state index contributed by atoms with van der Waals surface area (Å²) in [6.07, 6.45) is 5.89. The van der Waals surface area contributed by atoms with Crippen LogP contribution in [-0.2, 0) is 25.7 Å². The van der Waals surface area contributed by atoms with Crippen molar-refractivity contribution in [3.8, 4) is 0 Å². The Labute approximate surface area is 223 Å². The fraction of sp³-hybridized carbons (Fsp3) is 0.519. The van der Waals surface area contributed by atoms with Crippen molar-refractivity contribution in [3.05, 3.63) is 54.4 Å². The summed E-state index contributed by atoms with van der Waals surface area (Å²) in [6, 6.07) is 10.4. The number of carbonyl (C=O) groups is 3. The zero-order chi connectivity index (χ0) is 26.9. The molecule has 2 fully saturated rings. The topological polar surface area (TPSA) is 117 Å². The second kappa shape index (κ2) is 13.2. The van der Waals surface area contributed by atoms with Crippen molar-refractivity contribution in [2.75, 3.05) is 45.2 Å². The van der Waals surface area contributed by atoms with E-state index >= 15 is 0 Å². The number of likely N-dealkylation sites (tertiary alicyclic amines) is 1. The summed E-state index contributed by atoms with van der Waals surface area (Å²) in [5, 5.41) is 2.84. The number of aromatic nitrogens is 2. The van der Waals surface area contributed by atoms with E-state index in [2.05, 4.69) is 20.2 Å². The van der Waals surface area contributed by atoms with E-state index in [1.165, 1.54) is 19.0 Å². The molecule has 0 bridgehead atoms. The molecule has 4 rings (SSSR count). The molecule has 0 saturated carbocycles. The van der Waals surface area contributed by atoms with Gasteiger partial charge in [-0.15, -0.1) is 0 Å². The van der Waals surface area contributed by atoms with Gasteiger partial charge in [0, 0.05) is 46.1 Å². The lowest BCUT2D eigenvalue weighted by Gasteiger charge is -2.41. The number of carbonyl (C=O) groups excluding carboxylic acids is 3. The number of hydrogen-bond donors (Lipinski definition) is 1. The van der Waals surface area contributed by atoms with Gasteiger partial charge in [0.25, 0.3) is 0 Å². The summed E-state index contributed by atoms with van der Waals surface area (Å²) < 4.78 is 11.9. The van der Waals surface area contributed by atoms with Crippen LogP contribution in [0.4, 0.5) is 10.7 Å². The maximum Gasteiger partial charge on any atom is 0.410 e. The van der Waals surface area contributed by atoms with Gasteiger partial charge in [0.2, 0.25) is 5.95 Å². The van der Waals surface area contributed by atoms with Gasteiger partial charge in [0.15, 0.2) is 0 Å². The number of amides is 3. The van der Waals surface area contributed by atoms with Crippen LogP contribution in [0.5, 0.6) is 0 Å². The highest BCUT2D eigenvalue weighted by molar-refractivity contribution is 6.34. The van der Waals surface area contributed by atoms with E-state index in [4.69, 9.17) is 9.47 Å². The van der Waals surface area contributed by atoms with Crippen molar-refractivity contribution >= 4 is 23.9 Å². The van der Waals surface area contributed by atoms with E-state index in [1.54, 1.807) is 23.4 Å². The van der Waals surface area contributed by atoms with Crippen molar-refractivity contribution < 1.29 is 23.9 Å². The van der Waals surface area contributed by atoms with Gasteiger partial charge in [0.1, 0.15) is 6.61 Å². The first-order chi connectivity index (χ1) is 18.4. The minimum atomic E-state index is -0.694. The van der Waals surface area contributed by atoms with Gasteiger partial charge < -0.3 is 29.5 Å². The zero-order valence-corrected chi connectivity index (χ0v) is 22.0. The van der Waals surface area contributed by atoms with Crippen molar-refractivity contribution in [1.29, 1.82) is 0 Å². The van der Waals surface area contributed by atoms with E-state index in [1.807, 2.05) is 30.3 Å². The first kappa shape index (κ1) is 27.3. The molecule has 11 heteroatoms. The molecule has 0 spiro atoms. The highest BCUT2D eigenvalue weighted by atomic mass is 16.6. The predicted molar refractivity (Wildman–Crippen MR) is 140 cm³/mol. The van der Waals surface area contributed by atoms with Gasteiger partial charge in [0.05, 0.1) is 24.8 Å². The van der Waals surface area contributed by atoms with E-state index in [0.29, 0.717) is 25.3 Å². The van der Waals surface area contributed by atoms with Crippen molar-refractivity contribution in [2.24, 2.45) is 0 Å². The number of hydrogen-bond acceptors (Lipinski definition) is 8. The summed E-state index contributed by atoms with van der Waals surface area (Å²) in [4.78, 5) is 51.6. The lowest BCUT2D eigenvalue weighted by atomic mass is 9.96. The molecule has 38 heavy (non-hydrogen) atoms. The molecule has 1 N–H and O–H groups in total. The van der Waals surface area contributed by atoms with E-state index in [0.717, 1.165) is 31.5 Å². The van der Waals surface area contributed by atoms with Crippen LogP contribution in [0.25, 0.3) is 0 Å². The molecule has 2 aliphatic rings. The molecule has 3 amide bonds. The highest BCUT2D eigenvalue weighted by Crippen LogP contribution is 2.23. The molecule has 1 aromatic heterocycles. The molecule has 2 aromatic rings. The summed E-state index contributed by atoms with van der Waals surface area (Å²) in [5.41, 5.74) is 0.890. The molecule has 0 aliphatic carbocycles. The van der Waals surface area contributed by atoms with Crippen molar-refractivity contribution in [2.45, 2.75) is 50.5 Å². The Bertz CT molecular complexity index is 1060. The van der Waals surface area contributed by atoms with Gasteiger partial charge >= 0.3 is 17.9 Å². The number of likely N-dealkylation sites (N-methyl/N-ethyl adjacent to an activating group) is 1. The van der Waals surface area contributed by atoms with E-state index in [9.17, 15) is 14.4 Å². The molecule has 11 nitrogen and oxygen atoms in total. The molecule has 2 aliphatic heterocycles. The van der Waals surface area contributed by atoms with Crippen LogP contribution in [0.2, 0.25) is 0 Å². The molecule has 2 atom stereocenters. The third kappa shape index (κ3) is 7.18. The largest absolute Gasteiger partial charge is 0.445 e. The van der Waals surface area contributed by atoms with Crippen LogP contribution in [-0.4, -0.2) is 96.2 Å². The number of piperidine rings is 2. The number of nitrogens with one attached hydrogen (secondary N) is 1. The van der Waals surface area contributed by atoms with Gasteiger partial charge in [-0.1, -0.05) is 30.3 Å². The molecule has 204 valence electrons. The van der Waals surface area contributed by atoms with Crippen LogP contribution in [0, 0.1) is 0 Å². The molecular formula is C27H36N6O5. The molecule has 0 radical (unpaired) electrons. The monoisotopic (exact) mass is 524 g/mol. The minimum absolute atomic E-state index is 0.00108. The molecule has 1 aromatic carbocycles. The highest BCUT2D eigenvalue weighted by Gasteiger charge is 2.38. The molecule has 2 saturated heterocycles. The Balaban J connectivity index is 1.39. The summed E-state index contributed by atoms with van der Waals surface area (Å²) in [7, 11) is 3.06. The molecule has 0 unspecified atom stereocenters. The van der Waals surface area contributed by atoms with Gasteiger partial charge in [-0.25, -0.2) is 14.8 Å². The maximum absolute atomic E-state index is 13.1. The fourth-order valence-electron chi connectivity index (χ4n) is 4.81. The van der Waals surface area contributed by atoms with Crippen LogP contribution >= 0.6 is 0 Å². The van der Waals surface area contributed by atoms with E-state index < -0.39 is 30.0 Å². The third-order valence-electron chi connectivity index (χ3n) is 6.92. The first-order valence-corrected chi connectivity index (χ1v) is 13.1. The minimum Gasteiger partial charge on any atom is -0.445 e. The second-order valence-electron chi connectivity index (χ2n) is 9.79. The third-order valence-corrected chi connectivity index (χ3v) is 6.92. The summed E-state index contributed by atoms with van der Waals surface area (Å²) in [5.74, 6) is -0.622. The first-order valence-electron chi connectivity index (χ1n) is 13.1. The second-order valence-corrected chi connectivity index (χ2v) is 9.79. The number of benzene rings is 1. The molecular weight excluding hydrogens is 488 g/mol. The fourth-order valence-corrected chi connectivity index (χ4v) is 4.81. The van der Waals surface area contributed by atoms with Crippen LogP contribution in [0.15, 0.2) is 48.8 Å². The van der Waals surface area contributed by atoms with Crippen molar-refractivity contribution in [1.82, 2.24) is 25.1 Å². The number of rotatable bonds is 7. The Kier molecular flexibility index (Phi) is 9.47. The van der Waals surface area contributed by atoms with Gasteiger partial charge in [-0.2, -0.15) is 0 Å². The Morgan fingerprint density at radius 2 is 1.71 bits per heavy atom. The smallest absolute Gasteiger partial charge is 0.410 e. The summed E-state index contributed by atoms with van der Waals surface area (Å²) >= 11 is 0. The predicted octanol–water partition coefficient (Wildman–Crippen LogP) is 1.84. The van der Waals surface area contributed by atoms with Gasteiger partial charge in [-0.3, -0.25) is 9.59 Å². The Morgan fingerprint density at radius 1 is 1.00 bits per heavy atom. The number of ether oxygens (including phenoxy) is 2. The van der Waals surface area contributed by atoms with Crippen molar-refractivity contribution in [3.63, 3.8) is 0 Å². The standard InChI is InChI=1S/C27H36N6O5/c1-31(2)25(35)24(34)30-22-10-6-15-33(27(36)38-18-20-8-4-3-5-9-20)23(22)19-37-21-11-16-32(17-12-21)26-28-13-7-14-29-26/h3-5,7-9,13-14,21-23H,6,10-12,15-19H2,1-2H3,(H,30,34)/t22-,23-/m1/s1. The Morgan fingerprint density at radius 3 is 2.39 bits per heavy atom. The van der Waals surface area contributed by atoms with Crippen LogP contribution < -0.4 is 10.2 Å². The lowest BCUT2D eigenvalue weighted by Crippen LogP contribution is -2.60. The Hall–Kier alpha value is -3.73. The lowest BCUT2D eigenvalue weighted by molar-refractivity contribution is -0.145. The van der Waals surface area contributed by atoms with Crippen LogP contribution in [0.3, 0.4) is 0 Å². The average molecular weight is 525 g/mol. The average Bonchev–Trinajstić information content (AvgIpc) is 2.96. The quantitative estimate of drug-likeness (QED) is 0.546. The van der Waals surface area contributed by atoms with Crippen LogP contribution in [0.1, 0.15) is 31.2 Å².